The summed E-state index contributed by atoms with van der Waals surface area (Å²) in [5.41, 5.74) is 12.1. The maximum Gasteiger partial charge on any atom is 0.328 e. The van der Waals surface area contributed by atoms with Crippen LogP contribution in [0.2, 0.25) is 0 Å². The van der Waals surface area contributed by atoms with Crippen molar-refractivity contribution in [3.05, 3.63) is 29.8 Å². The zero-order valence-electron chi connectivity index (χ0n) is 20.3. The number of aliphatic carboxylic acids is 1. The number of carboxylic acid groups (broad SMARTS) is 1. The molecule has 0 aliphatic carbocycles. The number of carbonyl (C=O) groups excluding carboxylic acids is 3. The largest absolute Gasteiger partial charge is 0.508 e. The van der Waals surface area contributed by atoms with Crippen molar-refractivity contribution in [3.63, 3.8) is 0 Å². The molecule has 0 saturated heterocycles. The van der Waals surface area contributed by atoms with E-state index in [0.29, 0.717) is 37.1 Å². The molecule has 0 aromatic heterocycles. The number of rotatable bonds is 17. The highest BCUT2D eigenvalue weighted by Gasteiger charge is 2.30. The summed E-state index contributed by atoms with van der Waals surface area (Å²) in [7, 11) is 0. The average molecular weight is 528 g/mol. The number of phenolic OH excluding ortho intramolecular Hbond substituents is 1. The monoisotopic (exact) mass is 527 g/mol. The molecule has 1 rings (SSSR count). The van der Waals surface area contributed by atoms with Crippen LogP contribution in [0.3, 0.4) is 0 Å². The number of nitrogens with one attached hydrogen (secondary N) is 3. The minimum Gasteiger partial charge on any atom is -0.508 e. The van der Waals surface area contributed by atoms with E-state index in [9.17, 15) is 29.4 Å². The van der Waals surface area contributed by atoms with Crippen molar-refractivity contribution in [3.8, 4) is 5.75 Å². The highest BCUT2D eigenvalue weighted by Crippen LogP contribution is 2.12. The number of nitrogens with two attached hydrogens (primary N) is 2. The summed E-state index contributed by atoms with van der Waals surface area (Å²) in [5.74, 6) is -2.73. The molecule has 0 saturated carbocycles. The van der Waals surface area contributed by atoms with Crippen molar-refractivity contribution in [1.29, 1.82) is 0 Å². The van der Waals surface area contributed by atoms with Gasteiger partial charge >= 0.3 is 5.97 Å². The number of phenols is 1. The molecule has 12 nitrogen and oxygen atoms in total. The third-order valence-corrected chi connectivity index (χ3v) is 6.00. The Balaban J connectivity index is 3.08. The average Bonchev–Trinajstić information content (AvgIpc) is 2.85. The topological polar surface area (TPSA) is 217 Å². The van der Waals surface area contributed by atoms with Gasteiger partial charge in [0.25, 0.3) is 0 Å². The Morgan fingerprint density at radius 1 is 0.917 bits per heavy atom. The number of amides is 3. The van der Waals surface area contributed by atoms with Crippen LogP contribution in [0, 0.1) is 0 Å². The SMILES string of the molecule is CSCCC(N)C(=O)NC(CCCCN)C(=O)NC(Cc1ccc(O)cc1)C(=O)NC(CO)C(=O)O. The van der Waals surface area contributed by atoms with Crippen molar-refractivity contribution in [2.45, 2.75) is 56.3 Å². The molecule has 202 valence electrons. The van der Waals surface area contributed by atoms with E-state index in [1.54, 1.807) is 12.1 Å². The lowest BCUT2D eigenvalue weighted by atomic mass is 10.0. The van der Waals surface area contributed by atoms with E-state index in [4.69, 9.17) is 16.6 Å². The van der Waals surface area contributed by atoms with Crippen LogP contribution in [0.15, 0.2) is 24.3 Å². The molecular weight excluding hydrogens is 490 g/mol. The standard InChI is InChI=1S/C23H37N5O7S/c1-36-11-9-16(25)20(31)26-17(4-2-3-10-24)21(32)27-18(12-14-5-7-15(30)8-6-14)22(33)28-19(13-29)23(34)35/h5-8,16-19,29-30H,2-4,9-13,24-25H2,1H3,(H,26,31)(H,27,32)(H,28,33)(H,34,35). The molecule has 4 atom stereocenters. The number of aliphatic hydroxyl groups is 1. The number of aliphatic hydroxyl groups excluding tert-OH is 1. The Morgan fingerprint density at radius 2 is 1.50 bits per heavy atom. The minimum atomic E-state index is -1.56. The fourth-order valence-electron chi connectivity index (χ4n) is 3.22. The van der Waals surface area contributed by atoms with Crippen LogP contribution in [0.5, 0.6) is 5.75 Å². The number of unbranched alkanes of at least 4 members (excludes halogenated alkanes) is 1. The number of benzene rings is 1. The van der Waals surface area contributed by atoms with Crippen LogP contribution in [0.25, 0.3) is 0 Å². The Hall–Kier alpha value is -2.87. The molecule has 0 aliphatic heterocycles. The zero-order valence-corrected chi connectivity index (χ0v) is 21.1. The molecule has 0 bridgehead atoms. The normalized spacial score (nSPS) is 14.2. The van der Waals surface area contributed by atoms with Gasteiger partial charge in [0.15, 0.2) is 0 Å². The first-order valence-corrected chi connectivity index (χ1v) is 13.0. The number of carboxylic acids is 1. The summed E-state index contributed by atoms with van der Waals surface area (Å²) in [5, 5.41) is 35.4. The lowest BCUT2D eigenvalue weighted by Crippen LogP contribution is -2.58. The Labute approximate surface area is 214 Å². The van der Waals surface area contributed by atoms with Gasteiger partial charge < -0.3 is 42.7 Å². The van der Waals surface area contributed by atoms with Crippen LogP contribution < -0.4 is 27.4 Å². The van der Waals surface area contributed by atoms with Crippen molar-refractivity contribution in [2.75, 3.05) is 25.2 Å². The Bertz CT molecular complexity index is 856. The molecule has 1 aromatic carbocycles. The summed E-state index contributed by atoms with van der Waals surface area (Å²) in [6.07, 6.45) is 3.69. The summed E-state index contributed by atoms with van der Waals surface area (Å²) in [4.78, 5) is 49.9. The first-order valence-electron chi connectivity index (χ1n) is 11.6. The van der Waals surface area contributed by atoms with E-state index < -0.39 is 54.5 Å². The van der Waals surface area contributed by atoms with E-state index in [2.05, 4.69) is 16.0 Å². The Morgan fingerprint density at radius 3 is 2.06 bits per heavy atom. The predicted octanol–water partition coefficient (Wildman–Crippen LogP) is -1.32. The first kappa shape index (κ1) is 31.2. The molecule has 0 aliphatic rings. The molecule has 13 heteroatoms. The summed E-state index contributed by atoms with van der Waals surface area (Å²) < 4.78 is 0. The third-order valence-electron chi connectivity index (χ3n) is 5.36. The van der Waals surface area contributed by atoms with Crippen molar-refractivity contribution >= 4 is 35.5 Å². The maximum absolute atomic E-state index is 13.2. The van der Waals surface area contributed by atoms with Crippen LogP contribution >= 0.6 is 11.8 Å². The van der Waals surface area contributed by atoms with Crippen LogP contribution in [-0.2, 0) is 25.6 Å². The summed E-state index contributed by atoms with van der Waals surface area (Å²) in [6, 6.07) is 1.33. The van der Waals surface area contributed by atoms with E-state index in [1.165, 1.54) is 23.9 Å². The first-order chi connectivity index (χ1) is 17.1. The lowest BCUT2D eigenvalue weighted by molar-refractivity contribution is -0.143. The number of carbonyl (C=O) groups is 4. The van der Waals surface area contributed by atoms with Crippen molar-refractivity contribution in [2.24, 2.45) is 11.5 Å². The lowest BCUT2D eigenvalue weighted by Gasteiger charge is -2.25. The van der Waals surface area contributed by atoms with Crippen LogP contribution in [0.1, 0.15) is 31.2 Å². The number of aromatic hydroxyl groups is 1. The fourth-order valence-corrected chi connectivity index (χ4v) is 3.71. The second-order valence-electron chi connectivity index (χ2n) is 8.25. The second-order valence-corrected chi connectivity index (χ2v) is 9.23. The van der Waals surface area contributed by atoms with Gasteiger partial charge in [0.2, 0.25) is 17.7 Å². The molecule has 0 heterocycles. The molecule has 3 amide bonds. The molecule has 0 fully saturated rings. The van der Waals surface area contributed by atoms with Gasteiger partial charge in [-0.2, -0.15) is 11.8 Å². The van der Waals surface area contributed by atoms with E-state index in [0.717, 1.165) is 0 Å². The van der Waals surface area contributed by atoms with Gasteiger partial charge in [0.05, 0.1) is 12.6 Å². The number of hydrogen-bond donors (Lipinski definition) is 8. The maximum atomic E-state index is 13.2. The zero-order chi connectivity index (χ0) is 27.1. The van der Waals surface area contributed by atoms with Gasteiger partial charge in [-0.3, -0.25) is 14.4 Å². The molecule has 4 unspecified atom stereocenters. The smallest absolute Gasteiger partial charge is 0.328 e. The molecule has 1 aromatic rings. The molecule has 0 radical (unpaired) electrons. The Kier molecular flexibility index (Phi) is 14.5. The molecule has 10 N–H and O–H groups in total. The van der Waals surface area contributed by atoms with Crippen LogP contribution in [-0.4, -0.2) is 88.3 Å². The van der Waals surface area contributed by atoms with Gasteiger partial charge in [-0.1, -0.05) is 12.1 Å². The predicted molar refractivity (Wildman–Crippen MR) is 136 cm³/mol. The van der Waals surface area contributed by atoms with Gasteiger partial charge in [-0.05, 0) is 61.9 Å². The van der Waals surface area contributed by atoms with E-state index >= 15 is 0 Å². The van der Waals surface area contributed by atoms with E-state index in [-0.39, 0.29) is 18.6 Å². The second kappa shape index (κ2) is 16.7. The molecular formula is C23H37N5O7S. The van der Waals surface area contributed by atoms with Crippen molar-refractivity contribution < 1.29 is 34.5 Å². The van der Waals surface area contributed by atoms with E-state index in [1.807, 2.05) is 6.26 Å². The number of hydrogen-bond acceptors (Lipinski definition) is 9. The molecule has 36 heavy (non-hydrogen) atoms. The third kappa shape index (κ3) is 11.2. The van der Waals surface area contributed by atoms with Gasteiger partial charge in [-0.15, -0.1) is 0 Å². The fraction of sp³-hybridized carbons (Fsp3) is 0.565. The van der Waals surface area contributed by atoms with Crippen molar-refractivity contribution in [1.82, 2.24) is 16.0 Å². The van der Waals surface area contributed by atoms with Gasteiger partial charge in [0, 0.05) is 6.42 Å². The quantitative estimate of drug-likeness (QED) is 0.112. The molecule has 0 spiro atoms. The highest BCUT2D eigenvalue weighted by molar-refractivity contribution is 7.98. The summed E-state index contributed by atoms with van der Waals surface area (Å²) in [6.45, 7) is -0.439. The van der Waals surface area contributed by atoms with Gasteiger partial charge in [0.1, 0.15) is 23.9 Å². The van der Waals surface area contributed by atoms with Gasteiger partial charge in [-0.25, -0.2) is 4.79 Å². The number of thioether (sulfide) groups is 1. The van der Waals surface area contributed by atoms with Crippen LogP contribution in [0.4, 0.5) is 0 Å². The summed E-state index contributed by atoms with van der Waals surface area (Å²) >= 11 is 1.54. The minimum absolute atomic E-state index is 0.00972. The highest BCUT2D eigenvalue weighted by atomic mass is 32.2.